The van der Waals surface area contributed by atoms with Crippen LogP contribution in [0.1, 0.15) is 5.82 Å². The number of ether oxygens (including phenoxy) is 3. The fraction of sp³-hybridized carbons (Fsp3) is 0.286. The van der Waals surface area contributed by atoms with Crippen molar-refractivity contribution in [2.75, 3.05) is 21.3 Å². The van der Waals surface area contributed by atoms with Crippen molar-refractivity contribution in [3.63, 3.8) is 0 Å². The minimum Gasteiger partial charge on any atom is -0.497 e. The van der Waals surface area contributed by atoms with Gasteiger partial charge >= 0.3 is 0 Å². The number of hydrogen-bond donors (Lipinski definition) is 1. The minimum absolute atomic E-state index is 0.232. The second-order valence-corrected chi connectivity index (χ2v) is 4.08. The van der Waals surface area contributed by atoms with Crippen molar-refractivity contribution in [1.82, 2.24) is 9.97 Å². The van der Waals surface area contributed by atoms with Crippen molar-refractivity contribution >= 4 is 0 Å². The zero-order valence-corrected chi connectivity index (χ0v) is 11.6. The average molecular weight is 276 g/mol. The third kappa shape index (κ3) is 2.97. The third-order valence-corrected chi connectivity index (χ3v) is 2.75. The second kappa shape index (κ2) is 6.21. The SMILES string of the molecule is COCc1nc(-c2cc(OC)ccc2OC)cc(=O)[nH]1. The van der Waals surface area contributed by atoms with Gasteiger partial charge in [-0.1, -0.05) is 0 Å². The summed E-state index contributed by atoms with van der Waals surface area (Å²) in [6, 6.07) is 6.74. The fourth-order valence-corrected chi connectivity index (χ4v) is 1.87. The van der Waals surface area contributed by atoms with Crippen molar-refractivity contribution < 1.29 is 14.2 Å². The van der Waals surface area contributed by atoms with Crippen LogP contribution in [0, 0.1) is 0 Å². The Hall–Kier alpha value is -2.34. The molecule has 0 aliphatic carbocycles. The van der Waals surface area contributed by atoms with Gasteiger partial charge in [0.25, 0.3) is 5.56 Å². The molecule has 0 atom stereocenters. The summed E-state index contributed by atoms with van der Waals surface area (Å²) >= 11 is 0. The summed E-state index contributed by atoms with van der Waals surface area (Å²) in [4.78, 5) is 18.7. The van der Waals surface area contributed by atoms with Gasteiger partial charge in [0.2, 0.25) is 0 Å². The number of hydrogen-bond acceptors (Lipinski definition) is 5. The summed E-state index contributed by atoms with van der Waals surface area (Å²) in [7, 11) is 4.68. The largest absolute Gasteiger partial charge is 0.497 e. The predicted octanol–water partition coefficient (Wildman–Crippen LogP) is 1.60. The van der Waals surface area contributed by atoms with E-state index >= 15 is 0 Å². The summed E-state index contributed by atoms with van der Waals surface area (Å²) in [5, 5.41) is 0. The number of aromatic nitrogens is 2. The number of methoxy groups -OCH3 is 3. The van der Waals surface area contributed by atoms with Crippen LogP contribution in [0.3, 0.4) is 0 Å². The molecule has 0 aliphatic heterocycles. The normalized spacial score (nSPS) is 10.3. The van der Waals surface area contributed by atoms with Crippen LogP contribution >= 0.6 is 0 Å². The van der Waals surface area contributed by atoms with Crippen molar-refractivity contribution in [2.45, 2.75) is 6.61 Å². The highest BCUT2D eigenvalue weighted by Crippen LogP contribution is 2.31. The molecular weight excluding hydrogens is 260 g/mol. The molecule has 0 fully saturated rings. The molecule has 0 saturated heterocycles. The van der Waals surface area contributed by atoms with Crippen LogP contribution in [-0.4, -0.2) is 31.3 Å². The van der Waals surface area contributed by atoms with Gasteiger partial charge in [-0.3, -0.25) is 4.79 Å². The molecule has 1 aromatic carbocycles. The topological polar surface area (TPSA) is 73.4 Å². The van der Waals surface area contributed by atoms with Crippen molar-refractivity contribution in [3.8, 4) is 22.8 Å². The van der Waals surface area contributed by atoms with Gasteiger partial charge in [-0.2, -0.15) is 0 Å². The minimum atomic E-state index is -0.244. The molecule has 0 aliphatic rings. The van der Waals surface area contributed by atoms with E-state index in [0.717, 1.165) is 0 Å². The smallest absolute Gasteiger partial charge is 0.251 e. The number of H-pyrrole nitrogens is 1. The number of nitrogens with one attached hydrogen (secondary N) is 1. The standard InChI is InChI=1S/C14H16N2O4/c1-18-8-13-15-11(7-14(17)16-13)10-6-9(19-2)4-5-12(10)20-3/h4-7H,8H2,1-3H3,(H,15,16,17). The summed E-state index contributed by atoms with van der Waals surface area (Å²) in [6.07, 6.45) is 0. The predicted molar refractivity (Wildman–Crippen MR) is 74.1 cm³/mol. The van der Waals surface area contributed by atoms with Crippen LogP contribution in [0.2, 0.25) is 0 Å². The molecule has 2 rings (SSSR count). The molecule has 1 heterocycles. The highest BCUT2D eigenvalue weighted by atomic mass is 16.5. The maximum Gasteiger partial charge on any atom is 0.251 e. The van der Waals surface area contributed by atoms with Gasteiger partial charge < -0.3 is 19.2 Å². The van der Waals surface area contributed by atoms with Crippen molar-refractivity contribution in [2.24, 2.45) is 0 Å². The first-order valence-electron chi connectivity index (χ1n) is 5.99. The van der Waals surface area contributed by atoms with E-state index < -0.39 is 0 Å². The van der Waals surface area contributed by atoms with E-state index in [2.05, 4.69) is 9.97 Å². The third-order valence-electron chi connectivity index (χ3n) is 2.75. The van der Waals surface area contributed by atoms with Gasteiger partial charge in [-0.25, -0.2) is 4.98 Å². The maximum atomic E-state index is 11.7. The molecule has 0 bridgehead atoms. The van der Waals surface area contributed by atoms with Crippen LogP contribution in [0.5, 0.6) is 11.5 Å². The van der Waals surface area contributed by atoms with Crippen LogP contribution in [0.25, 0.3) is 11.3 Å². The van der Waals surface area contributed by atoms with Gasteiger partial charge in [-0.05, 0) is 18.2 Å². The fourth-order valence-electron chi connectivity index (χ4n) is 1.87. The molecule has 6 heteroatoms. The summed E-state index contributed by atoms with van der Waals surface area (Å²) in [5.41, 5.74) is 0.957. The van der Waals surface area contributed by atoms with E-state index in [4.69, 9.17) is 14.2 Å². The van der Waals surface area contributed by atoms with Crippen molar-refractivity contribution in [1.29, 1.82) is 0 Å². The van der Waals surface area contributed by atoms with E-state index in [0.29, 0.717) is 28.6 Å². The van der Waals surface area contributed by atoms with E-state index in [1.54, 1.807) is 39.5 Å². The Bertz CT molecular complexity index is 652. The molecule has 6 nitrogen and oxygen atoms in total. The van der Waals surface area contributed by atoms with Gasteiger partial charge in [-0.15, -0.1) is 0 Å². The zero-order chi connectivity index (χ0) is 14.5. The van der Waals surface area contributed by atoms with Crippen LogP contribution in [0.15, 0.2) is 29.1 Å². The van der Waals surface area contributed by atoms with Gasteiger partial charge in [0.05, 0.1) is 19.9 Å². The monoisotopic (exact) mass is 276 g/mol. The lowest BCUT2D eigenvalue weighted by atomic mass is 10.1. The van der Waals surface area contributed by atoms with Crippen LogP contribution in [0.4, 0.5) is 0 Å². The van der Waals surface area contributed by atoms with Crippen molar-refractivity contribution in [3.05, 3.63) is 40.4 Å². The van der Waals surface area contributed by atoms with Crippen LogP contribution < -0.4 is 15.0 Å². The molecule has 1 N–H and O–H groups in total. The van der Waals surface area contributed by atoms with Gasteiger partial charge in [0.1, 0.15) is 23.9 Å². The Kier molecular flexibility index (Phi) is 4.37. The number of rotatable bonds is 5. The van der Waals surface area contributed by atoms with Gasteiger partial charge in [0.15, 0.2) is 0 Å². The molecule has 1 aromatic heterocycles. The lowest BCUT2D eigenvalue weighted by Crippen LogP contribution is -2.12. The molecule has 0 saturated carbocycles. The molecule has 0 spiro atoms. The Morgan fingerprint density at radius 1 is 1.15 bits per heavy atom. The highest BCUT2D eigenvalue weighted by Gasteiger charge is 2.11. The number of nitrogens with zero attached hydrogens (tertiary/aromatic N) is 1. The molecule has 2 aromatic rings. The molecule has 20 heavy (non-hydrogen) atoms. The van der Waals surface area contributed by atoms with Crippen LogP contribution in [-0.2, 0) is 11.3 Å². The lowest BCUT2D eigenvalue weighted by Gasteiger charge is -2.10. The Morgan fingerprint density at radius 2 is 1.95 bits per heavy atom. The highest BCUT2D eigenvalue weighted by molar-refractivity contribution is 5.68. The molecular formula is C14H16N2O4. The molecule has 0 unspecified atom stereocenters. The Morgan fingerprint density at radius 3 is 2.60 bits per heavy atom. The maximum absolute atomic E-state index is 11.7. The zero-order valence-electron chi connectivity index (χ0n) is 11.6. The Labute approximate surface area is 116 Å². The van der Waals surface area contributed by atoms with E-state index in [1.807, 2.05) is 0 Å². The molecule has 0 radical (unpaired) electrons. The summed E-state index contributed by atoms with van der Waals surface area (Å²) < 4.78 is 15.5. The first-order valence-corrected chi connectivity index (χ1v) is 5.99. The molecule has 0 amide bonds. The number of aromatic amines is 1. The lowest BCUT2D eigenvalue weighted by molar-refractivity contribution is 0.177. The molecule has 106 valence electrons. The van der Waals surface area contributed by atoms with E-state index in [9.17, 15) is 4.79 Å². The van der Waals surface area contributed by atoms with E-state index in [1.165, 1.54) is 6.07 Å². The first kappa shape index (κ1) is 14.1. The quantitative estimate of drug-likeness (QED) is 0.898. The number of benzene rings is 1. The summed E-state index contributed by atoms with van der Waals surface area (Å²) in [6.45, 7) is 0.232. The first-order chi connectivity index (χ1) is 9.67. The second-order valence-electron chi connectivity index (χ2n) is 4.08. The summed E-state index contributed by atoms with van der Waals surface area (Å²) in [5.74, 6) is 1.74. The van der Waals surface area contributed by atoms with Gasteiger partial charge in [0, 0.05) is 18.7 Å². The average Bonchev–Trinajstić information content (AvgIpc) is 2.46. The van der Waals surface area contributed by atoms with E-state index in [-0.39, 0.29) is 12.2 Å². The Balaban J connectivity index is 2.57.